The van der Waals surface area contributed by atoms with Crippen LogP contribution in [0.2, 0.25) is 0 Å². The Bertz CT molecular complexity index is 1050. The van der Waals surface area contributed by atoms with Crippen molar-refractivity contribution < 1.29 is 19.2 Å². The monoisotopic (exact) mass is 449 g/mol. The van der Waals surface area contributed by atoms with E-state index in [0.717, 1.165) is 37.2 Å². The van der Waals surface area contributed by atoms with Gasteiger partial charge >= 0.3 is 0 Å². The third kappa shape index (κ3) is 5.49. The normalized spacial score (nSPS) is 15.1. The number of fused-ring (bicyclic) bond motifs is 1. The summed E-state index contributed by atoms with van der Waals surface area (Å²) >= 11 is 0. The lowest BCUT2D eigenvalue weighted by atomic mass is 10.0. The van der Waals surface area contributed by atoms with E-state index in [-0.39, 0.29) is 24.9 Å². The summed E-state index contributed by atoms with van der Waals surface area (Å²) in [7, 11) is 0. The number of amides is 4. The minimum Gasteiger partial charge on any atom is -0.362 e. The molecule has 4 rings (SSSR count). The van der Waals surface area contributed by atoms with Gasteiger partial charge in [-0.3, -0.25) is 30.0 Å². The molecule has 0 aliphatic carbocycles. The van der Waals surface area contributed by atoms with Crippen LogP contribution >= 0.6 is 0 Å². The topological polar surface area (TPSA) is 111 Å². The maximum Gasteiger partial charge on any atom is 0.257 e. The van der Waals surface area contributed by atoms with Gasteiger partial charge in [0.15, 0.2) is 0 Å². The molecule has 2 aromatic carbocycles. The van der Waals surface area contributed by atoms with Crippen LogP contribution in [-0.4, -0.2) is 49.8 Å². The predicted octanol–water partition coefficient (Wildman–Crippen LogP) is 1.14. The average molecular weight is 450 g/mol. The van der Waals surface area contributed by atoms with Crippen LogP contribution in [0.15, 0.2) is 48.5 Å². The molecule has 2 aliphatic heterocycles. The molecular weight excluding hydrogens is 422 g/mol. The Morgan fingerprint density at radius 2 is 1.58 bits per heavy atom. The SMILES string of the molecule is O=C(CNC(=O)c1ccc(N2CCCC2=O)cc1)NNC(=O)CN1CCCc2ccccc21. The molecule has 0 spiro atoms. The molecule has 0 bridgehead atoms. The van der Waals surface area contributed by atoms with E-state index in [9.17, 15) is 19.2 Å². The second kappa shape index (κ2) is 10.2. The summed E-state index contributed by atoms with van der Waals surface area (Å²) in [4.78, 5) is 52.1. The lowest BCUT2D eigenvalue weighted by molar-refractivity contribution is -0.127. The third-order valence-electron chi connectivity index (χ3n) is 5.81. The molecule has 9 nitrogen and oxygen atoms in total. The van der Waals surface area contributed by atoms with Crippen LogP contribution < -0.4 is 26.0 Å². The number of nitrogens with zero attached hydrogens (tertiary/aromatic N) is 2. The van der Waals surface area contributed by atoms with Gasteiger partial charge in [-0.25, -0.2) is 0 Å². The highest BCUT2D eigenvalue weighted by molar-refractivity contribution is 5.98. The van der Waals surface area contributed by atoms with E-state index in [1.807, 2.05) is 23.1 Å². The van der Waals surface area contributed by atoms with Gasteiger partial charge in [-0.1, -0.05) is 18.2 Å². The second-order valence-corrected chi connectivity index (χ2v) is 8.13. The molecule has 0 aromatic heterocycles. The van der Waals surface area contributed by atoms with Crippen LogP contribution in [0.3, 0.4) is 0 Å². The number of hydrogen-bond donors (Lipinski definition) is 3. The van der Waals surface area contributed by atoms with Crippen LogP contribution in [0.4, 0.5) is 11.4 Å². The van der Waals surface area contributed by atoms with E-state index in [0.29, 0.717) is 18.5 Å². The van der Waals surface area contributed by atoms with Gasteiger partial charge in [0.05, 0.1) is 13.1 Å². The van der Waals surface area contributed by atoms with Crippen molar-refractivity contribution in [2.24, 2.45) is 0 Å². The van der Waals surface area contributed by atoms with Crippen molar-refractivity contribution in [2.45, 2.75) is 25.7 Å². The first-order valence-corrected chi connectivity index (χ1v) is 11.1. The van der Waals surface area contributed by atoms with Crippen LogP contribution in [-0.2, 0) is 20.8 Å². The molecule has 2 aromatic rings. The van der Waals surface area contributed by atoms with Crippen LogP contribution in [0.25, 0.3) is 0 Å². The molecule has 1 saturated heterocycles. The third-order valence-corrected chi connectivity index (χ3v) is 5.81. The molecule has 4 amide bonds. The molecule has 2 heterocycles. The highest BCUT2D eigenvalue weighted by atomic mass is 16.2. The van der Waals surface area contributed by atoms with E-state index in [2.05, 4.69) is 22.2 Å². The molecule has 0 saturated carbocycles. The molecule has 0 atom stereocenters. The molecule has 1 fully saturated rings. The van der Waals surface area contributed by atoms with E-state index in [1.165, 1.54) is 5.56 Å². The lowest BCUT2D eigenvalue weighted by Crippen LogP contribution is -2.49. The minimum atomic E-state index is -0.532. The smallest absolute Gasteiger partial charge is 0.257 e. The number of para-hydroxylation sites is 1. The molecular formula is C24H27N5O4. The Morgan fingerprint density at radius 3 is 2.33 bits per heavy atom. The van der Waals surface area contributed by atoms with Gasteiger partial charge in [-0.05, 0) is 55.2 Å². The van der Waals surface area contributed by atoms with E-state index in [4.69, 9.17) is 0 Å². The Kier molecular flexibility index (Phi) is 6.87. The first-order valence-electron chi connectivity index (χ1n) is 11.1. The number of hydrazine groups is 1. The Morgan fingerprint density at radius 1 is 0.848 bits per heavy atom. The van der Waals surface area contributed by atoms with Crippen molar-refractivity contribution in [1.29, 1.82) is 0 Å². The van der Waals surface area contributed by atoms with Crippen molar-refractivity contribution in [2.75, 3.05) is 36.0 Å². The largest absolute Gasteiger partial charge is 0.362 e. The van der Waals surface area contributed by atoms with Crippen molar-refractivity contribution in [3.8, 4) is 0 Å². The van der Waals surface area contributed by atoms with Gasteiger partial charge in [0.25, 0.3) is 17.7 Å². The summed E-state index contributed by atoms with van der Waals surface area (Å²) in [6.45, 7) is 1.31. The zero-order chi connectivity index (χ0) is 23.2. The average Bonchev–Trinajstić information content (AvgIpc) is 3.27. The summed E-state index contributed by atoms with van der Waals surface area (Å²) in [6.07, 6.45) is 3.33. The first kappa shape index (κ1) is 22.3. The number of nitrogens with one attached hydrogen (secondary N) is 3. The molecule has 9 heteroatoms. The van der Waals surface area contributed by atoms with Gasteiger partial charge in [-0.2, -0.15) is 0 Å². The van der Waals surface area contributed by atoms with Crippen LogP contribution in [0, 0.1) is 0 Å². The summed E-state index contributed by atoms with van der Waals surface area (Å²) in [5.74, 6) is -1.20. The van der Waals surface area contributed by atoms with Crippen molar-refractivity contribution in [1.82, 2.24) is 16.2 Å². The number of carbonyl (C=O) groups excluding carboxylic acids is 4. The van der Waals surface area contributed by atoms with Crippen molar-refractivity contribution in [3.63, 3.8) is 0 Å². The van der Waals surface area contributed by atoms with Gasteiger partial charge < -0.3 is 15.1 Å². The van der Waals surface area contributed by atoms with E-state index in [1.54, 1.807) is 29.2 Å². The second-order valence-electron chi connectivity index (χ2n) is 8.13. The zero-order valence-corrected chi connectivity index (χ0v) is 18.3. The number of rotatable bonds is 6. The molecule has 3 N–H and O–H groups in total. The number of hydrogen-bond acceptors (Lipinski definition) is 5. The summed E-state index contributed by atoms with van der Waals surface area (Å²) in [5, 5.41) is 2.52. The molecule has 0 radical (unpaired) electrons. The minimum absolute atomic E-state index is 0.0791. The number of benzene rings is 2. The molecule has 2 aliphatic rings. The zero-order valence-electron chi connectivity index (χ0n) is 18.3. The van der Waals surface area contributed by atoms with Crippen molar-refractivity contribution in [3.05, 3.63) is 59.7 Å². The molecule has 0 unspecified atom stereocenters. The fraction of sp³-hybridized carbons (Fsp3) is 0.333. The maximum absolute atomic E-state index is 12.3. The lowest BCUT2D eigenvalue weighted by Gasteiger charge is -2.30. The van der Waals surface area contributed by atoms with E-state index >= 15 is 0 Å². The summed E-state index contributed by atoms with van der Waals surface area (Å²) < 4.78 is 0. The van der Waals surface area contributed by atoms with Crippen molar-refractivity contribution >= 4 is 35.0 Å². The Labute approximate surface area is 192 Å². The molecule has 172 valence electrons. The fourth-order valence-electron chi connectivity index (χ4n) is 4.15. The maximum atomic E-state index is 12.3. The van der Waals surface area contributed by atoms with Crippen LogP contribution in [0.5, 0.6) is 0 Å². The van der Waals surface area contributed by atoms with Gasteiger partial charge in [0.1, 0.15) is 0 Å². The summed E-state index contributed by atoms with van der Waals surface area (Å²) in [6, 6.07) is 14.7. The van der Waals surface area contributed by atoms with Gasteiger partial charge in [-0.15, -0.1) is 0 Å². The van der Waals surface area contributed by atoms with E-state index < -0.39 is 11.8 Å². The van der Waals surface area contributed by atoms with Crippen LogP contribution in [0.1, 0.15) is 35.2 Å². The number of anilines is 2. The quantitative estimate of drug-likeness (QED) is 0.573. The van der Waals surface area contributed by atoms with Gasteiger partial charge in [0.2, 0.25) is 5.91 Å². The first-order chi connectivity index (χ1) is 16.0. The highest BCUT2D eigenvalue weighted by Gasteiger charge is 2.22. The Hall–Kier alpha value is -3.88. The fourth-order valence-corrected chi connectivity index (χ4v) is 4.15. The summed E-state index contributed by atoms with van der Waals surface area (Å²) in [5.41, 5.74) is 8.11. The molecule has 33 heavy (non-hydrogen) atoms. The van der Waals surface area contributed by atoms with Gasteiger partial charge in [0, 0.05) is 36.4 Å². The highest BCUT2D eigenvalue weighted by Crippen LogP contribution is 2.26. The number of carbonyl (C=O) groups is 4. The standard InChI is InChI=1S/C24H27N5O4/c30-21(26-27-22(31)16-28-13-3-6-17-5-1-2-7-20(17)28)15-25-24(33)18-9-11-19(12-10-18)29-14-4-8-23(29)32/h1-2,5,7,9-12H,3-4,6,8,13-16H2,(H,25,33)(H,26,30)(H,27,31). The predicted molar refractivity (Wildman–Crippen MR) is 124 cm³/mol. The number of aryl methyl sites for hydroxylation is 1. The Balaban J connectivity index is 1.20.